The summed E-state index contributed by atoms with van der Waals surface area (Å²) >= 11 is 0. The average Bonchev–Trinajstić information content (AvgIpc) is 2.59. The molecule has 2 aromatic rings. The standard InChI is InChI=1S/C15H22N2O2/c1-15(2,3)11-6-7-13-12(10-11)17(14(18)19-13)9-8-16(4)5/h6-7,10H,8-9H2,1-5H3. The van der Waals surface area contributed by atoms with Crippen LogP contribution in [0.4, 0.5) is 0 Å². The molecule has 0 bridgehead atoms. The zero-order valence-corrected chi connectivity index (χ0v) is 12.4. The summed E-state index contributed by atoms with van der Waals surface area (Å²) in [5.74, 6) is -0.275. The highest BCUT2D eigenvalue weighted by Crippen LogP contribution is 2.25. The van der Waals surface area contributed by atoms with Crippen LogP contribution in [0.25, 0.3) is 11.1 Å². The van der Waals surface area contributed by atoms with Crippen molar-refractivity contribution in [1.29, 1.82) is 0 Å². The number of fused-ring (bicyclic) bond motifs is 1. The molecule has 19 heavy (non-hydrogen) atoms. The SMILES string of the molecule is CN(C)CCn1c(=O)oc2ccc(C(C)(C)C)cc21. The molecule has 0 aliphatic heterocycles. The average molecular weight is 262 g/mol. The second-order valence-corrected chi connectivity index (χ2v) is 6.26. The third-order valence-electron chi connectivity index (χ3n) is 3.30. The molecule has 0 saturated heterocycles. The van der Waals surface area contributed by atoms with E-state index in [9.17, 15) is 4.79 Å². The van der Waals surface area contributed by atoms with Crippen molar-refractivity contribution >= 4 is 11.1 Å². The highest BCUT2D eigenvalue weighted by Gasteiger charge is 2.17. The summed E-state index contributed by atoms with van der Waals surface area (Å²) < 4.78 is 7.00. The van der Waals surface area contributed by atoms with Crippen LogP contribution in [-0.2, 0) is 12.0 Å². The molecule has 1 aromatic heterocycles. The van der Waals surface area contributed by atoms with Crippen molar-refractivity contribution in [2.24, 2.45) is 0 Å². The summed E-state index contributed by atoms with van der Waals surface area (Å²) in [5.41, 5.74) is 2.82. The molecule has 104 valence electrons. The van der Waals surface area contributed by atoms with Crippen LogP contribution in [0.1, 0.15) is 26.3 Å². The van der Waals surface area contributed by atoms with Crippen LogP contribution in [0.3, 0.4) is 0 Å². The Bertz CT molecular complexity index is 630. The van der Waals surface area contributed by atoms with E-state index in [4.69, 9.17) is 4.42 Å². The van der Waals surface area contributed by atoms with Gasteiger partial charge in [-0.3, -0.25) is 4.57 Å². The maximum absolute atomic E-state index is 11.9. The van der Waals surface area contributed by atoms with Gasteiger partial charge in [0, 0.05) is 13.1 Å². The fourth-order valence-electron chi connectivity index (χ4n) is 2.04. The molecule has 1 aromatic carbocycles. The molecule has 0 saturated carbocycles. The smallest absolute Gasteiger partial charge is 0.408 e. The molecule has 0 fully saturated rings. The molecular formula is C15H22N2O2. The van der Waals surface area contributed by atoms with Gasteiger partial charge in [0.2, 0.25) is 0 Å². The molecule has 0 N–H and O–H groups in total. The Morgan fingerprint density at radius 1 is 1.26 bits per heavy atom. The van der Waals surface area contributed by atoms with Crippen molar-refractivity contribution in [2.45, 2.75) is 32.7 Å². The van der Waals surface area contributed by atoms with Crippen LogP contribution in [-0.4, -0.2) is 30.1 Å². The number of likely N-dealkylation sites (N-methyl/N-ethyl adjacent to an activating group) is 1. The predicted octanol–water partition coefficient (Wildman–Crippen LogP) is 2.45. The summed E-state index contributed by atoms with van der Waals surface area (Å²) in [6.07, 6.45) is 0. The van der Waals surface area contributed by atoms with E-state index in [0.717, 1.165) is 12.1 Å². The van der Waals surface area contributed by atoms with Crippen LogP contribution in [0.5, 0.6) is 0 Å². The Balaban J connectivity index is 2.50. The van der Waals surface area contributed by atoms with Gasteiger partial charge in [-0.25, -0.2) is 4.79 Å². The highest BCUT2D eigenvalue weighted by molar-refractivity contribution is 5.74. The normalized spacial score (nSPS) is 12.5. The van der Waals surface area contributed by atoms with Gasteiger partial charge < -0.3 is 9.32 Å². The molecule has 0 aliphatic carbocycles. The van der Waals surface area contributed by atoms with Gasteiger partial charge in [0.05, 0.1) is 5.52 Å². The molecule has 0 unspecified atom stereocenters. The predicted molar refractivity (Wildman–Crippen MR) is 77.7 cm³/mol. The van der Waals surface area contributed by atoms with Crippen molar-refractivity contribution < 1.29 is 4.42 Å². The lowest BCUT2D eigenvalue weighted by Crippen LogP contribution is -2.23. The molecule has 0 radical (unpaired) electrons. The number of rotatable bonds is 3. The quantitative estimate of drug-likeness (QED) is 0.853. The lowest BCUT2D eigenvalue weighted by molar-refractivity contribution is 0.374. The molecular weight excluding hydrogens is 240 g/mol. The molecule has 0 spiro atoms. The van der Waals surface area contributed by atoms with Crippen LogP contribution < -0.4 is 5.76 Å². The van der Waals surface area contributed by atoms with E-state index in [1.54, 1.807) is 4.57 Å². The van der Waals surface area contributed by atoms with Gasteiger partial charge in [-0.1, -0.05) is 26.8 Å². The number of aromatic nitrogens is 1. The first-order valence-electron chi connectivity index (χ1n) is 6.57. The van der Waals surface area contributed by atoms with Crippen molar-refractivity contribution in [3.05, 3.63) is 34.3 Å². The summed E-state index contributed by atoms with van der Waals surface area (Å²) in [6, 6.07) is 5.99. The van der Waals surface area contributed by atoms with E-state index < -0.39 is 0 Å². The van der Waals surface area contributed by atoms with E-state index in [1.807, 2.05) is 26.2 Å². The van der Waals surface area contributed by atoms with E-state index in [1.165, 1.54) is 5.56 Å². The third-order valence-corrected chi connectivity index (χ3v) is 3.30. The number of hydrogen-bond acceptors (Lipinski definition) is 3. The van der Waals surface area contributed by atoms with Gasteiger partial charge in [-0.2, -0.15) is 0 Å². The molecule has 4 heteroatoms. The Morgan fingerprint density at radius 3 is 2.53 bits per heavy atom. The Labute approximate surface area is 113 Å². The first kappa shape index (κ1) is 13.9. The van der Waals surface area contributed by atoms with Gasteiger partial charge in [0.25, 0.3) is 0 Å². The van der Waals surface area contributed by atoms with Crippen molar-refractivity contribution in [3.63, 3.8) is 0 Å². The maximum Gasteiger partial charge on any atom is 0.419 e. The zero-order chi connectivity index (χ0) is 14.2. The third kappa shape index (κ3) is 2.89. The summed E-state index contributed by atoms with van der Waals surface area (Å²) in [7, 11) is 3.99. The summed E-state index contributed by atoms with van der Waals surface area (Å²) in [5, 5.41) is 0. The monoisotopic (exact) mass is 262 g/mol. The largest absolute Gasteiger partial charge is 0.419 e. The van der Waals surface area contributed by atoms with Crippen molar-refractivity contribution in [1.82, 2.24) is 9.47 Å². The van der Waals surface area contributed by atoms with E-state index in [-0.39, 0.29) is 11.2 Å². The molecule has 0 aliphatic rings. The number of nitrogens with zero attached hydrogens (tertiary/aromatic N) is 2. The van der Waals surface area contributed by atoms with Gasteiger partial charge in [0.1, 0.15) is 0 Å². The topological polar surface area (TPSA) is 38.4 Å². The minimum Gasteiger partial charge on any atom is -0.408 e. The Morgan fingerprint density at radius 2 is 1.95 bits per heavy atom. The first-order valence-corrected chi connectivity index (χ1v) is 6.57. The van der Waals surface area contributed by atoms with Gasteiger partial charge >= 0.3 is 5.76 Å². The maximum atomic E-state index is 11.9. The van der Waals surface area contributed by atoms with Crippen molar-refractivity contribution in [3.8, 4) is 0 Å². The summed E-state index contributed by atoms with van der Waals surface area (Å²) in [6.45, 7) is 7.95. The van der Waals surface area contributed by atoms with E-state index >= 15 is 0 Å². The molecule has 1 heterocycles. The lowest BCUT2D eigenvalue weighted by atomic mass is 9.87. The number of hydrogen-bond donors (Lipinski definition) is 0. The van der Waals surface area contributed by atoms with Gasteiger partial charge in [-0.05, 0) is 37.2 Å². The van der Waals surface area contributed by atoms with Crippen molar-refractivity contribution in [2.75, 3.05) is 20.6 Å². The molecule has 2 rings (SSSR count). The highest BCUT2D eigenvalue weighted by atomic mass is 16.4. The van der Waals surface area contributed by atoms with E-state index in [2.05, 4.69) is 31.7 Å². The fraction of sp³-hybridized carbons (Fsp3) is 0.533. The first-order chi connectivity index (χ1) is 8.79. The van der Waals surface area contributed by atoms with Crippen LogP contribution in [0.2, 0.25) is 0 Å². The second kappa shape index (κ2) is 4.85. The van der Waals surface area contributed by atoms with Gasteiger partial charge in [-0.15, -0.1) is 0 Å². The second-order valence-electron chi connectivity index (χ2n) is 6.26. The lowest BCUT2D eigenvalue weighted by Gasteiger charge is -2.19. The van der Waals surface area contributed by atoms with Crippen LogP contribution in [0.15, 0.2) is 27.4 Å². The number of benzene rings is 1. The number of oxazole rings is 1. The minimum absolute atomic E-state index is 0.0634. The molecule has 0 amide bonds. The van der Waals surface area contributed by atoms with Crippen LogP contribution >= 0.6 is 0 Å². The minimum atomic E-state index is -0.275. The molecule has 4 nitrogen and oxygen atoms in total. The molecule has 0 atom stereocenters. The Hall–Kier alpha value is -1.55. The van der Waals surface area contributed by atoms with E-state index in [0.29, 0.717) is 12.1 Å². The van der Waals surface area contributed by atoms with Crippen LogP contribution in [0, 0.1) is 0 Å². The summed E-state index contributed by atoms with van der Waals surface area (Å²) in [4.78, 5) is 13.9. The fourth-order valence-corrected chi connectivity index (χ4v) is 2.04. The van der Waals surface area contributed by atoms with Gasteiger partial charge in [0.15, 0.2) is 5.58 Å². The Kier molecular flexibility index (Phi) is 3.54. The zero-order valence-electron chi connectivity index (χ0n) is 12.4.